The van der Waals surface area contributed by atoms with Crippen LogP contribution in [-0.2, 0) is 4.79 Å². The Morgan fingerprint density at radius 3 is 2.57 bits per heavy atom. The molecule has 0 radical (unpaired) electrons. The number of carbonyl (C=O) groups excluding carboxylic acids is 1. The fraction of sp³-hybridized carbons (Fsp3) is 0.0952. The molecule has 0 bridgehead atoms. The molecule has 4 rings (SSSR count). The normalized spacial score (nSPS) is 11.8. The highest BCUT2D eigenvalue weighted by Crippen LogP contribution is 2.28. The number of nitrogens with zero attached hydrogens (tertiary/aromatic N) is 2. The Labute approximate surface area is 161 Å². The molecule has 0 aliphatic heterocycles. The van der Waals surface area contributed by atoms with Crippen LogP contribution in [0.15, 0.2) is 77.5 Å². The first-order valence-corrected chi connectivity index (χ1v) is 8.74. The number of likely N-dealkylation sites (N-methyl/N-ethyl adjacent to an activating group) is 1. The van der Waals surface area contributed by atoms with Crippen LogP contribution in [0.5, 0.6) is 11.5 Å². The van der Waals surface area contributed by atoms with Crippen molar-refractivity contribution in [3.05, 3.63) is 78.6 Å². The van der Waals surface area contributed by atoms with Gasteiger partial charge in [-0.3, -0.25) is 9.78 Å². The monoisotopic (exact) mass is 374 g/mol. The lowest BCUT2D eigenvalue weighted by Crippen LogP contribution is -2.30. The molecule has 4 aromatic rings. The predicted octanol–water partition coefficient (Wildman–Crippen LogP) is 3.91. The maximum Gasteiger partial charge on any atom is 0.296 e. The van der Waals surface area contributed by atoms with Crippen molar-refractivity contribution in [1.29, 1.82) is 0 Å². The van der Waals surface area contributed by atoms with Gasteiger partial charge in [-0.25, -0.2) is 0 Å². The van der Waals surface area contributed by atoms with E-state index >= 15 is 0 Å². The molecule has 0 unspecified atom stereocenters. The molecule has 1 atom stereocenters. The molecule has 0 aliphatic carbocycles. The Balaban J connectivity index is 1.59. The van der Waals surface area contributed by atoms with Gasteiger partial charge in [0.1, 0.15) is 23.1 Å². The molecule has 0 fully saturated rings. The maximum atomic E-state index is 12.3. The molecule has 2 aromatic carbocycles. The predicted molar refractivity (Wildman–Crippen MR) is 105 cm³/mol. The minimum atomic E-state index is -0.619. The van der Waals surface area contributed by atoms with Crippen LogP contribution in [0.2, 0.25) is 0 Å². The van der Waals surface area contributed by atoms with E-state index in [4.69, 9.17) is 9.15 Å². The molecule has 2 N–H and O–H groups in total. The van der Waals surface area contributed by atoms with Gasteiger partial charge in [0.25, 0.3) is 6.01 Å². The van der Waals surface area contributed by atoms with Crippen LogP contribution >= 0.6 is 0 Å². The summed E-state index contributed by atoms with van der Waals surface area (Å²) in [5.74, 6) is 1.11. The summed E-state index contributed by atoms with van der Waals surface area (Å²) >= 11 is 0. The number of fused-ring (bicyclic) bond motifs is 1. The molecule has 7 heteroatoms. The summed E-state index contributed by atoms with van der Waals surface area (Å²) in [6.07, 6.45) is 3.32. The minimum Gasteiger partial charge on any atom is -0.457 e. The van der Waals surface area contributed by atoms with Crippen LogP contribution in [0.1, 0.15) is 11.6 Å². The Kier molecular flexibility index (Phi) is 4.88. The zero-order chi connectivity index (χ0) is 19.3. The average molecular weight is 374 g/mol. The van der Waals surface area contributed by atoms with Gasteiger partial charge in [0.05, 0.1) is 0 Å². The van der Waals surface area contributed by atoms with Gasteiger partial charge in [-0.15, -0.1) is 0 Å². The minimum absolute atomic E-state index is 0.185. The molecule has 0 spiro atoms. The van der Waals surface area contributed by atoms with E-state index in [9.17, 15) is 4.79 Å². The number of amides is 1. The van der Waals surface area contributed by atoms with Crippen LogP contribution in [0.3, 0.4) is 0 Å². The molecule has 140 valence electrons. The number of oxazole rings is 1. The van der Waals surface area contributed by atoms with Crippen molar-refractivity contribution >= 4 is 23.0 Å². The third-order valence-corrected chi connectivity index (χ3v) is 4.15. The summed E-state index contributed by atoms with van der Waals surface area (Å²) in [4.78, 5) is 20.7. The molecule has 0 aliphatic rings. The molecule has 0 saturated heterocycles. The quantitative estimate of drug-likeness (QED) is 0.532. The molecule has 7 nitrogen and oxygen atoms in total. The number of rotatable bonds is 6. The van der Waals surface area contributed by atoms with Gasteiger partial charge in [0.15, 0.2) is 5.58 Å². The zero-order valence-electron chi connectivity index (χ0n) is 15.1. The van der Waals surface area contributed by atoms with Gasteiger partial charge in [-0.2, -0.15) is 4.98 Å². The number of hydrogen-bond donors (Lipinski definition) is 2. The average Bonchev–Trinajstić information content (AvgIpc) is 3.15. The van der Waals surface area contributed by atoms with E-state index in [1.165, 1.54) is 0 Å². The summed E-state index contributed by atoms with van der Waals surface area (Å²) in [6, 6.07) is 17.9. The Morgan fingerprint density at radius 1 is 1.04 bits per heavy atom. The van der Waals surface area contributed by atoms with E-state index < -0.39 is 6.04 Å². The second-order valence-corrected chi connectivity index (χ2v) is 6.04. The van der Waals surface area contributed by atoms with Crippen molar-refractivity contribution in [1.82, 2.24) is 15.3 Å². The molecule has 28 heavy (non-hydrogen) atoms. The highest BCUT2D eigenvalue weighted by Gasteiger charge is 2.21. The molecule has 2 heterocycles. The fourth-order valence-electron chi connectivity index (χ4n) is 2.79. The number of benzene rings is 2. The summed E-state index contributed by atoms with van der Waals surface area (Å²) in [5.41, 5.74) is 2.02. The van der Waals surface area contributed by atoms with Crippen molar-refractivity contribution in [3.63, 3.8) is 0 Å². The van der Waals surface area contributed by atoms with Crippen LogP contribution in [0, 0.1) is 0 Å². The number of anilines is 1. The molecule has 1 amide bonds. The highest BCUT2D eigenvalue weighted by molar-refractivity contribution is 5.85. The van der Waals surface area contributed by atoms with Gasteiger partial charge in [-0.05, 0) is 29.8 Å². The number of hydrogen-bond acceptors (Lipinski definition) is 6. The Bertz CT molecular complexity index is 1080. The molecular weight excluding hydrogens is 356 g/mol. The van der Waals surface area contributed by atoms with Gasteiger partial charge >= 0.3 is 0 Å². The van der Waals surface area contributed by atoms with E-state index in [2.05, 4.69) is 20.6 Å². The third-order valence-electron chi connectivity index (χ3n) is 4.15. The first-order valence-electron chi connectivity index (χ1n) is 8.74. The van der Waals surface area contributed by atoms with E-state index in [1.54, 1.807) is 43.7 Å². The van der Waals surface area contributed by atoms with E-state index in [0.717, 1.165) is 5.56 Å². The lowest BCUT2D eigenvalue weighted by Gasteiger charge is -2.16. The van der Waals surface area contributed by atoms with E-state index in [-0.39, 0.29) is 11.9 Å². The van der Waals surface area contributed by atoms with Crippen molar-refractivity contribution in [3.8, 4) is 11.5 Å². The standard InChI is InChI=1S/C21H18N4O3/c1-22-20(26)19(14-5-3-2-4-6-14)25-21-24-17-8-7-16(13-18(17)28-21)27-15-9-11-23-12-10-15/h2-13,19H,1H3,(H,22,26)(H,24,25)/t19-/m1/s1. The highest BCUT2D eigenvalue weighted by atomic mass is 16.5. The molecule has 0 saturated carbocycles. The Morgan fingerprint density at radius 2 is 1.82 bits per heavy atom. The largest absolute Gasteiger partial charge is 0.457 e. The van der Waals surface area contributed by atoms with Crippen molar-refractivity contribution < 1.29 is 13.9 Å². The molecular formula is C21H18N4O3. The van der Waals surface area contributed by atoms with Gasteiger partial charge < -0.3 is 19.8 Å². The Hall–Kier alpha value is -3.87. The SMILES string of the molecule is CNC(=O)[C@H](Nc1nc2ccc(Oc3ccncc3)cc2o1)c1ccccc1. The second kappa shape index (κ2) is 7.79. The van der Waals surface area contributed by atoms with E-state index in [0.29, 0.717) is 22.6 Å². The van der Waals surface area contributed by atoms with Gasteiger partial charge in [0, 0.05) is 25.5 Å². The number of nitrogens with one attached hydrogen (secondary N) is 2. The van der Waals surface area contributed by atoms with Gasteiger partial charge in [0.2, 0.25) is 5.91 Å². The van der Waals surface area contributed by atoms with Crippen molar-refractivity contribution in [2.24, 2.45) is 0 Å². The van der Waals surface area contributed by atoms with Crippen molar-refractivity contribution in [2.45, 2.75) is 6.04 Å². The first kappa shape index (κ1) is 17.5. The van der Waals surface area contributed by atoms with Crippen molar-refractivity contribution in [2.75, 3.05) is 12.4 Å². The number of carbonyl (C=O) groups is 1. The molecule has 2 aromatic heterocycles. The lowest BCUT2D eigenvalue weighted by atomic mass is 10.1. The van der Waals surface area contributed by atoms with Crippen LogP contribution < -0.4 is 15.4 Å². The van der Waals surface area contributed by atoms with Crippen LogP contribution in [-0.4, -0.2) is 22.9 Å². The fourth-order valence-corrected chi connectivity index (χ4v) is 2.79. The van der Waals surface area contributed by atoms with Crippen LogP contribution in [0.4, 0.5) is 6.01 Å². The second-order valence-electron chi connectivity index (χ2n) is 6.04. The summed E-state index contributed by atoms with van der Waals surface area (Å²) in [7, 11) is 1.59. The zero-order valence-corrected chi connectivity index (χ0v) is 15.1. The lowest BCUT2D eigenvalue weighted by molar-refractivity contribution is -0.121. The summed E-state index contributed by atoms with van der Waals surface area (Å²) in [6.45, 7) is 0. The number of pyridine rings is 1. The number of ether oxygens (including phenoxy) is 1. The number of aromatic nitrogens is 2. The topological polar surface area (TPSA) is 89.3 Å². The van der Waals surface area contributed by atoms with E-state index in [1.807, 2.05) is 36.4 Å². The summed E-state index contributed by atoms with van der Waals surface area (Å²) in [5, 5.41) is 5.72. The maximum absolute atomic E-state index is 12.3. The smallest absolute Gasteiger partial charge is 0.296 e. The van der Waals surface area contributed by atoms with Gasteiger partial charge in [-0.1, -0.05) is 30.3 Å². The third kappa shape index (κ3) is 3.78. The summed E-state index contributed by atoms with van der Waals surface area (Å²) < 4.78 is 11.6. The first-order chi connectivity index (χ1) is 13.7. The van der Waals surface area contributed by atoms with Crippen LogP contribution in [0.25, 0.3) is 11.1 Å².